The Morgan fingerprint density at radius 1 is 1.27 bits per heavy atom. The van der Waals surface area contributed by atoms with E-state index in [0.29, 0.717) is 22.8 Å². The maximum Gasteiger partial charge on any atom is 0.144 e. The molecule has 0 amide bonds. The molecule has 0 atom stereocenters. The summed E-state index contributed by atoms with van der Waals surface area (Å²) in [7, 11) is 0. The Morgan fingerprint density at radius 2 is 2.07 bits per heavy atom. The van der Waals surface area contributed by atoms with Crippen molar-refractivity contribution in [3.8, 4) is 11.3 Å². The van der Waals surface area contributed by atoms with Crippen LogP contribution in [0, 0.1) is 12.7 Å². The first-order valence-electron chi connectivity index (χ1n) is 4.37. The van der Waals surface area contributed by atoms with Crippen molar-refractivity contribution in [1.82, 2.24) is 15.0 Å². The molecule has 0 unspecified atom stereocenters. The van der Waals surface area contributed by atoms with Gasteiger partial charge in [-0.05, 0) is 13.0 Å². The lowest BCUT2D eigenvalue weighted by molar-refractivity contribution is 0.622. The smallest absolute Gasteiger partial charge is 0.144 e. The first-order chi connectivity index (χ1) is 7.16. The highest BCUT2D eigenvalue weighted by Crippen LogP contribution is 2.17. The van der Waals surface area contributed by atoms with Gasteiger partial charge < -0.3 is 5.73 Å². The third-order valence-corrected chi connectivity index (χ3v) is 1.99. The molecule has 0 radical (unpaired) electrons. The van der Waals surface area contributed by atoms with E-state index < -0.39 is 5.82 Å². The number of aromatic nitrogens is 3. The summed E-state index contributed by atoms with van der Waals surface area (Å²) < 4.78 is 12.9. The fraction of sp³-hybridized carbons (Fsp3) is 0.100. The molecule has 2 heterocycles. The van der Waals surface area contributed by atoms with Crippen LogP contribution in [0.5, 0.6) is 0 Å². The Bertz CT molecular complexity index is 499. The average Bonchev–Trinajstić information content (AvgIpc) is 2.22. The molecule has 2 aromatic heterocycles. The van der Waals surface area contributed by atoms with Gasteiger partial charge in [-0.1, -0.05) is 0 Å². The molecule has 0 aliphatic carbocycles. The lowest BCUT2D eigenvalue weighted by Crippen LogP contribution is -1.98. The topological polar surface area (TPSA) is 64.7 Å². The van der Waals surface area contributed by atoms with Crippen LogP contribution in [0.25, 0.3) is 11.3 Å². The number of hydrogen-bond acceptors (Lipinski definition) is 4. The number of nitrogens with zero attached hydrogens (tertiary/aromatic N) is 3. The van der Waals surface area contributed by atoms with E-state index in [0.717, 1.165) is 6.20 Å². The number of hydrogen-bond donors (Lipinski definition) is 1. The zero-order valence-corrected chi connectivity index (χ0v) is 8.11. The van der Waals surface area contributed by atoms with E-state index in [1.54, 1.807) is 6.92 Å². The maximum absolute atomic E-state index is 12.9. The predicted molar refractivity (Wildman–Crippen MR) is 54.4 cm³/mol. The van der Waals surface area contributed by atoms with Crippen LogP contribution in [0.4, 0.5) is 10.2 Å². The zero-order chi connectivity index (χ0) is 10.8. The molecule has 0 saturated carbocycles. The second-order valence-electron chi connectivity index (χ2n) is 3.12. The number of halogens is 1. The molecule has 0 aliphatic rings. The Hall–Kier alpha value is -2.04. The van der Waals surface area contributed by atoms with Gasteiger partial charge in [-0.25, -0.2) is 14.4 Å². The number of nitrogens with two attached hydrogens (primary N) is 1. The Morgan fingerprint density at radius 3 is 2.73 bits per heavy atom. The van der Waals surface area contributed by atoms with Crippen LogP contribution < -0.4 is 5.73 Å². The van der Waals surface area contributed by atoms with E-state index >= 15 is 0 Å². The maximum atomic E-state index is 12.9. The fourth-order valence-corrected chi connectivity index (χ4v) is 1.18. The summed E-state index contributed by atoms with van der Waals surface area (Å²) in [5.41, 5.74) is 7.31. The lowest BCUT2D eigenvalue weighted by Gasteiger charge is -2.02. The molecule has 0 aromatic carbocycles. The fourth-order valence-electron chi connectivity index (χ4n) is 1.18. The summed E-state index contributed by atoms with van der Waals surface area (Å²) in [6.07, 6.45) is 4.17. The summed E-state index contributed by atoms with van der Waals surface area (Å²) >= 11 is 0. The summed E-state index contributed by atoms with van der Waals surface area (Å²) in [6.45, 7) is 1.75. The van der Waals surface area contributed by atoms with Gasteiger partial charge in [0, 0.05) is 11.8 Å². The molecule has 4 nitrogen and oxygen atoms in total. The Labute approximate surface area is 86.0 Å². The monoisotopic (exact) mass is 204 g/mol. The summed E-state index contributed by atoms with van der Waals surface area (Å²) in [5, 5.41) is 0. The van der Waals surface area contributed by atoms with Gasteiger partial charge in [0.2, 0.25) is 0 Å². The standard InChI is InChI=1S/C10H9FN4/c1-6-10(12)14-5-9(15-6)7-2-8(11)4-13-3-7/h2-5H,1H3,(H2,12,14). The van der Waals surface area contributed by atoms with Gasteiger partial charge in [-0.15, -0.1) is 0 Å². The highest BCUT2D eigenvalue weighted by molar-refractivity contribution is 5.58. The third-order valence-electron chi connectivity index (χ3n) is 1.99. The van der Waals surface area contributed by atoms with Gasteiger partial charge in [0.25, 0.3) is 0 Å². The van der Waals surface area contributed by atoms with Gasteiger partial charge in [0.05, 0.1) is 23.8 Å². The molecule has 0 bridgehead atoms. The predicted octanol–water partition coefficient (Wildman–Crippen LogP) is 1.57. The molecular weight excluding hydrogens is 195 g/mol. The third kappa shape index (κ3) is 1.90. The quantitative estimate of drug-likeness (QED) is 0.765. The van der Waals surface area contributed by atoms with E-state index in [2.05, 4.69) is 15.0 Å². The zero-order valence-electron chi connectivity index (χ0n) is 8.11. The SMILES string of the molecule is Cc1nc(-c2cncc(F)c2)cnc1N. The van der Waals surface area contributed by atoms with E-state index in [1.165, 1.54) is 18.5 Å². The molecule has 15 heavy (non-hydrogen) atoms. The van der Waals surface area contributed by atoms with Crippen LogP contribution in [0.15, 0.2) is 24.7 Å². The van der Waals surface area contributed by atoms with Crippen molar-refractivity contribution >= 4 is 5.82 Å². The number of anilines is 1. The first kappa shape index (κ1) is 9.51. The van der Waals surface area contributed by atoms with Gasteiger partial charge in [-0.3, -0.25) is 4.98 Å². The van der Waals surface area contributed by atoms with Gasteiger partial charge in [-0.2, -0.15) is 0 Å². The molecule has 76 valence electrons. The summed E-state index contributed by atoms with van der Waals surface area (Å²) in [4.78, 5) is 11.9. The van der Waals surface area contributed by atoms with E-state index in [1.807, 2.05) is 0 Å². The number of pyridine rings is 1. The van der Waals surface area contributed by atoms with E-state index in [4.69, 9.17) is 5.73 Å². The van der Waals surface area contributed by atoms with Crippen molar-refractivity contribution in [2.45, 2.75) is 6.92 Å². The molecular formula is C10H9FN4. The molecule has 2 rings (SSSR count). The minimum atomic E-state index is -0.399. The van der Waals surface area contributed by atoms with Crippen LogP contribution in [0.2, 0.25) is 0 Å². The Kier molecular flexibility index (Phi) is 2.29. The number of rotatable bonds is 1. The van der Waals surface area contributed by atoms with Gasteiger partial charge in [0.15, 0.2) is 0 Å². The molecule has 0 aliphatic heterocycles. The molecule has 0 fully saturated rings. The summed E-state index contributed by atoms with van der Waals surface area (Å²) in [5.74, 6) is -0.0214. The van der Waals surface area contributed by atoms with Crippen LogP contribution in [-0.4, -0.2) is 15.0 Å². The minimum Gasteiger partial charge on any atom is -0.382 e. The largest absolute Gasteiger partial charge is 0.382 e. The van der Waals surface area contributed by atoms with Crippen molar-refractivity contribution in [3.63, 3.8) is 0 Å². The molecule has 0 spiro atoms. The number of nitrogen functional groups attached to an aromatic ring is 1. The highest BCUT2D eigenvalue weighted by atomic mass is 19.1. The number of aryl methyl sites for hydroxylation is 1. The van der Waals surface area contributed by atoms with Crippen molar-refractivity contribution < 1.29 is 4.39 Å². The van der Waals surface area contributed by atoms with Crippen LogP contribution >= 0.6 is 0 Å². The van der Waals surface area contributed by atoms with Crippen LogP contribution in [0.1, 0.15) is 5.69 Å². The lowest BCUT2D eigenvalue weighted by atomic mass is 10.2. The van der Waals surface area contributed by atoms with Crippen molar-refractivity contribution in [2.24, 2.45) is 0 Å². The van der Waals surface area contributed by atoms with Crippen molar-refractivity contribution in [1.29, 1.82) is 0 Å². The van der Waals surface area contributed by atoms with E-state index in [9.17, 15) is 4.39 Å². The molecule has 2 N–H and O–H groups in total. The van der Waals surface area contributed by atoms with E-state index in [-0.39, 0.29) is 0 Å². The Balaban J connectivity index is 2.50. The van der Waals surface area contributed by atoms with Crippen molar-refractivity contribution in [3.05, 3.63) is 36.2 Å². The first-order valence-corrected chi connectivity index (χ1v) is 4.37. The van der Waals surface area contributed by atoms with Crippen LogP contribution in [0.3, 0.4) is 0 Å². The normalized spacial score (nSPS) is 10.3. The minimum absolute atomic E-state index is 0.378. The molecule has 0 saturated heterocycles. The molecule has 5 heteroatoms. The second kappa shape index (κ2) is 3.61. The summed E-state index contributed by atoms with van der Waals surface area (Å²) in [6, 6.07) is 1.35. The van der Waals surface area contributed by atoms with Gasteiger partial charge in [0.1, 0.15) is 11.6 Å². The average molecular weight is 204 g/mol. The van der Waals surface area contributed by atoms with Gasteiger partial charge >= 0.3 is 0 Å². The second-order valence-corrected chi connectivity index (χ2v) is 3.12. The van der Waals surface area contributed by atoms with Crippen LogP contribution in [-0.2, 0) is 0 Å². The van der Waals surface area contributed by atoms with Crippen molar-refractivity contribution in [2.75, 3.05) is 5.73 Å². The highest BCUT2D eigenvalue weighted by Gasteiger charge is 2.04. The molecule has 2 aromatic rings.